The van der Waals surface area contributed by atoms with Crippen molar-refractivity contribution >= 4 is 20.1 Å². The molecule has 0 aliphatic rings. The van der Waals surface area contributed by atoms with Crippen LogP contribution in [0.25, 0.3) is 28.7 Å². The molecule has 0 radical (unpaired) electrons. The largest absolute Gasteiger partial charge is 0.511 e. The van der Waals surface area contributed by atoms with Gasteiger partial charge in [0.15, 0.2) is 5.82 Å². The number of carboxylic acid groups (broad SMARTS) is 1. The monoisotopic (exact) mass is 497 g/mol. The molecular weight excluding hydrogens is 470 g/mol. The van der Waals surface area contributed by atoms with E-state index in [1.54, 1.807) is 24.3 Å². The van der Waals surface area contributed by atoms with Gasteiger partial charge in [-0.05, 0) is 34.7 Å². The van der Waals surface area contributed by atoms with Gasteiger partial charge in [-0.2, -0.15) is 0 Å². The Morgan fingerprint density at radius 3 is 2.40 bits per heavy atom. The van der Waals surface area contributed by atoms with Crippen molar-refractivity contribution in [3.05, 3.63) is 77.7 Å². The predicted molar refractivity (Wildman–Crippen MR) is 133 cm³/mol. The number of carboxylic acids is 1. The second kappa shape index (κ2) is 12.4. The molecule has 0 saturated carbocycles. The molecule has 2 atom stereocenters. The average Bonchev–Trinajstić information content (AvgIpc) is 2.82. The van der Waals surface area contributed by atoms with Crippen molar-refractivity contribution in [1.29, 1.82) is 0 Å². The van der Waals surface area contributed by atoms with Crippen molar-refractivity contribution in [3.63, 3.8) is 0 Å². The molecule has 1 heterocycles. The summed E-state index contributed by atoms with van der Waals surface area (Å²) in [6.45, 7) is 4.01. The number of aliphatic hydroxyl groups is 1. The van der Waals surface area contributed by atoms with Crippen molar-refractivity contribution in [2.45, 2.75) is 32.3 Å². The summed E-state index contributed by atoms with van der Waals surface area (Å²) in [5, 5.41) is 18.3. The van der Waals surface area contributed by atoms with Crippen LogP contribution >= 0.6 is 8.03 Å². The Morgan fingerprint density at radius 1 is 1.09 bits per heavy atom. The first kappa shape index (κ1) is 26.3. The molecule has 0 fully saturated rings. The number of aliphatic carboxylic acids is 1. The Bertz CT molecular complexity index is 1200. The van der Waals surface area contributed by atoms with Gasteiger partial charge in [0, 0.05) is 16.7 Å². The van der Waals surface area contributed by atoms with E-state index in [-0.39, 0.29) is 24.5 Å². The number of rotatable bonds is 11. The smallest absolute Gasteiger partial charge is 0.481 e. The van der Waals surface area contributed by atoms with Crippen LogP contribution in [0.2, 0.25) is 0 Å². The number of hydrogen-bond donors (Lipinski definition) is 2. The first-order chi connectivity index (χ1) is 16.7. The van der Waals surface area contributed by atoms with Gasteiger partial charge in [-0.1, -0.05) is 56.3 Å². The third kappa shape index (κ3) is 7.59. The van der Waals surface area contributed by atoms with Crippen LogP contribution in [0.5, 0.6) is 0 Å². The van der Waals surface area contributed by atoms with Gasteiger partial charge in [0.2, 0.25) is 6.16 Å². The SMILES string of the molecule is CC(C)c1nc(-c2ccccc2)nc(-c2ccc(F)cc2)c1C=CCO[P+](=O)CC(O)CC(=O)O. The molecule has 0 bridgehead atoms. The summed E-state index contributed by atoms with van der Waals surface area (Å²) >= 11 is 0. The number of benzene rings is 2. The maximum Gasteiger partial charge on any atom is 0.511 e. The van der Waals surface area contributed by atoms with E-state index in [0.29, 0.717) is 11.5 Å². The van der Waals surface area contributed by atoms with Crippen LogP contribution in [-0.4, -0.2) is 45.0 Å². The molecule has 0 spiro atoms. The fourth-order valence-electron chi connectivity index (χ4n) is 3.42. The van der Waals surface area contributed by atoms with Crippen LogP contribution in [0.4, 0.5) is 4.39 Å². The molecule has 7 nitrogen and oxygen atoms in total. The summed E-state index contributed by atoms with van der Waals surface area (Å²) in [5.74, 6) is -0.926. The van der Waals surface area contributed by atoms with E-state index in [0.717, 1.165) is 22.4 Å². The number of aliphatic hydroxyl groups excluding tert-OH is 1. The van der Waals surface area contributed by atoms with Crippen LogP contribution in [0, 0.1) is 5.82 Å². The fraction of sp³-hybridized carbons (Fsp3) is 0.269. The van der Waals surface area contributed by atoms with Gasteiger partial charge in [-0.15, -0.1) is 4.52 Å². The molecule has 3 rings (SSSR count). The second-order valence-corrected chi connectivity index (χ2v) is 9.48. The van der Waals surface area contributed by atoms with Crippen LogP contribution in [0.3, 0.4) is 0 Å². The summed E-state index contributed by atoms with van der Waals surface area (Å²) in [6.07, 6.45) is 1.44. The minimum Gasteiger partial charge on any atom is -0.481 e. The van der Waals surface area contributed by atoms with Crippen molar-refractivity contribution in [2.75, 3.05) is 12.8 Å². The highest BCUT2D eigenvalue weighted by Gasteiger charge is 2.25. The number of aromatic nitrogens is 2. The molecule has 0 saturated heterocycles. The van der Waals surface area contributed by atoms with Crippen molar-refractivity contribution in [1.82, 2.24) is 9.97 Å². The zero-order valence-corrected chi connectivity index (χ0v) is 20.4. The normalized spacial score (nSPS) is 12.8. The first-order valence-corrected chi connectivity index (χ1v) is 12.5. The number of halogens is 1. The Balaban J connectivity index is 1.92. The summed E-state index contributed by atoms with van der Waals surface area (Å²) in [6, 6.07) is 15.6. The molecule has 2 N–H and O–H groups in total. The van der Waals surface area contributed by atoms with Crippen LogP contribution < -0.4 is 0 Å². The summed E-state index contributed by atoms with van der Waals surface area (Å²) < 4.78 is 30.9. The average molecular weight is 497 g/mol. The highest BCUT2D eigenvalue weighted by molar-refractivity contribution is 7.39. The highest BCUT2D eigenvalue weighted by atomic mass is 31.1. The Kier molecular flexibility index (Phi) is 9.32. The lowest BCUT2D eigenvalue weighted by Gasteiger charge is -2.16. The van der Waals surface area contributed by atoms with Gasteiger partial charge in [-0.25, -0.2) is 14.4 Å². The Hall–Kier alpha value is -3.32. The molecule has 2 unspecified atom stereocenters. The molecule has 0 aliphatic heterocycles. The maximum absolute atomic E-state index is 13.6. The third-order valence-corrected chi connectivity index (χ3v) is 6.20. The molecule has 9 heteroatoms. The molecule has 2 aromatic carbocycles. The quantitative estimate of drug-likeness (QED) is 0.328. The summed E-state index contributed by atoms with van der Waals surface area (Å²) in [7, 11) is -2.23. The molecule has 35 heavy (non-hydrogen) atoms. The van der Waals surface area contributed by atoms with Gasteiger partial charge in [0.05, 0.1) is 17.8 Å². The van der Waals surface area contributed by atoms with Gasteiger partial charge < -0.3 is 10.2 Å². The Morgan fingerprint density at radius 2 is 1.77 bits per heavy atom. The van der Waals surface area contributed by atoms with E-state index in [4.69, 9.17) is 19.6 Å². The van der Waals surface area contributed by atoms with Gasteiger partial charge in [-0.3, -0.25) is 4.79 Å². The van der Waals surface area contributed by atoms with E-state index in [2.05, 4.69) is 0 Å². The zero-order valence-electron chi connectivity index (χ0n) is 19.5. The van der Waals surface area contributed by atoms with Crippen LogP contribution in [0.15, 0.2) is 60.7 Å². The summed E-state index contributed by atoms with van der Waals surface area (Å²) in [5.41, 5.74) is 3.72. The first-order valence-electron chi connectivity index (χ1n) is 11.1. The lowest BCUT2D eigenvalue weighted by atomic mass is 9.97. The van der Waals surface area contributed by atoms with E-state index in [1.807, 2.05) is 44.2 Å². The lowest BCUT2D eigenvalue weighted by Crippen LogP contribution is -2.15. The molecule has 0 amide bonds. The van der Waals surface area contributed by atoms with Crippen molar-refractivity contribution in [3.8, 4) is 22.6 Å². The van der Waals surface area contributed by atoms with E-state index >= 15 is 0 Å². The minimum absolute atomic E-state index is 0.0180. The lowest BCUT2D eigenvalue weighted by molar-refractivity contribution is -0.138. The minimum atomic E-state index is -2.23. The number of carbonyl (C=O) groups is 1. The van der Waals surface area contributed by atoms with E-state index < -0.39 is 26.5 Å². The number of nitrogens with zero attached hydrogens (tertiary/aromatic N) is 2. The molecule has 182 valence electrons. The number of hydrogen-bond acceptors (Lipinski definition) is 6. The van der Waals surface area contributed by atoms with Gasteiger partial charge in [0.1, 0.15) is 18.5 Å². The van der Waals surface area contributed by atoms with Crippen LogP contribution in [0.1, 0.15) is 37.4 Å². The van der Waals surface area contributed by atoms with Crippen LogP contribution in [-0.2, 0) is 13.9 Å². The fourth-order valence-corrected chi connectivity index (χ4v) is 4.25. The van der Waals surface area contributed by atoms with E-state index in [9.17, 15) is 18.9 Å². The predicted octanol–water partition coefficient (Wildman–Crippen LogP) is 5.68. The zero-order chi connectivity index (χ0) is 25.4. The highest BCUT2D eigenvalue weighted by Crippen LogP contribution is 2.32. The van der Waals surface area contributed by atoms with Gasteiger partial charge in [0.25, 0.3) is 0 Å². The standard InChI is InChI=1S/C26H26FN2O5P/c1-17(2)24-22(9-6-14-34-35(33)16-21(30)15-23(31)32)25(18-10-12-20(27)13-11-18)29-26(28-24)19-7-4-3-5-8-19/h3-13,17,21,30H,14-16H2,1-2H3/p+1. The maximum atomic E-state index is 13.6. The topological polar surface area (TPSA) is 110 Å². The summed E-state index contributed by atoms with van der Waals surface area (Å²) in [4.78, 5) is 20.2. The molecular formula is C26H27FN2O5P+. The molecule has 3 aromatic rings. The van der Waals surface area contributed by atoms with E-state index in [1.165, 1.54) is 12.1 Å². The Labute approximate surface area is 204 Å². The van der Waals surface area contributed by atoms with Crippen molar-refractivity contribution < 1.29 is 28.5 Å². The molecule has 0 aliphatic carbocycles. The van der Waals surface area contributed by atoms with Crippen molar-refractivity contribution in [2.24, 2.45) is 0 Å². The molecule has 1 aromatic heterocycles. The van der Waals surface area contributed by atoms with Gasteiger partial charge >= 0.3 is 14.0 Å². The second-order valence-electron chi connectivity index (χ2n) is 8.19. The third-order valence-electron chi connectivity index (χ3n) is 5.04.